The molecule has 2 aromatic rings. The molecule has 5 heteroatoms. The summed E-state index contributed by atoms with van der Waals surface area (Å²) in [5.41, 5.74) is 2.47. The highest BCUT2D eigenvalue weighted by atomic mass is 16.1. The van der Waals surface area contributed by atoms with Gasteiger partial charge in [0.2, 0.25) is 0 Å². The molecule has 1 amide bonds. The number of pyridine rings is 1. The average molecular weight is 244 g/mol. The fourth-order valence-corrected chi connectivity index (χ4v) is 1.77. The average Bonchev–Trinajstić information content (AvgIpc) is 2.75. The summed E-state index contributed by atoms with van der Waals surface area (Å²) < 4.78 is 1.81. The van der Waals surface area contributed by atoms with Crippen LogP contribution < -0.4 is 5.32 Å². The summed E-state index contributed by atoms with van der Waals surface area (Å²) >= 11 is 0. The van der Waals surface area contributed by atoms with Crippen molar-refractivity contribution >= 4 is 5.91 Å². The summed E-state index contributed by atoms with van der Waals surface area (Å²) in [6, 6.07) is 5.49. The molecule has 2 rings (SSSR count). The van der Waals surface area contributed by atoms with Gasteiger partial charge in [-0.1, -0.05) is 0 Å². The number of carbonyl (C=O) groups excluding carboxylic acids is 1. The van der Waals surface area contributed by atoms with Crippen LogP contribution in [0, 0.1) is 6.92 Å². The van der Waals surface area contributed by atoms with Crippen LogP contribution in [0.3, 0.4) is 0 Å². The molecule has 94 valence electrons. The van der Waals surface area contributed by atoms with Crippen LogP contribution in [0.2, 0.25) is 0 Å². The van der Waals surface area contributed by atoms with E-state index in [2.05, 4.69) is 15.4 Å². The van der Waals surface area contributed by atoms with E-state index in [4.69, 9.17) is 0 Å². The summed E-state index contributed by atoms with van der Waals surface area (Å²) in [5, 5.41) is 6.97. The highest BCUT2D eigenvalue weighted by Gasteiger charge is 2.08. The van der Waals surface area contributed by atoms with Gasteiger partial charge in [-0.3, -0.25) is 14.5 Å². The third kappa shape index (κ3) is 2.74. The van der Waals surface area contributed by atoms with Crippen LogP contribution in [0.25, 0.3) is 0 Å². The second-order valence-electron chi connectivity index (χ2n) is 4.09. The van der Waals surface area contributed by atoms with Crippen LogP contribution in [-0.4, -0.2) is 27.2 Å². The molecular weight excluding hydrogens is 228 g/mol. The smallest absolute Gasteiger partial charge is 0.253 e. The fraction of sp³-hybridized carbons (Fsp3) is 0.308. The van der Waals surface area contributed by atoms with Crippen molar-refractivity contribution in [2.75, 3.05) is 6.54 Å². The molecule has 0 saturated heterocycles. The Balaban J connectivity index is 1.90. The number of nitrogens with one attached hydrogen (secondary N) is 1. The van der Waals surface area contributed by atoms with Gasteiger partial charge in [-0.15, -0.1) is 0 Å². The number of nitrogens with zero attached hydrogens (tertiary/aromatic N) is 3. The lowest BCUT2D eigenvalue weighted by Gasteiger charge is -2.07. The Hall–Kier alpha value is -2.17. The molecule has 0 aliphatic carbocycles. The van der Waals surface area contributed by atoms with Crippen molar-refractivity contribution in [3.63, 3.8) is 0 Å². The highest BCUT2D eigenvalue weighted by molar-refractivity contribution is 5.95. The van der Waals surface area contributed by atoms with Crippen molar-refractivity contribution < 1.29 is 4.79 Å². The maximum absolute atomic E-state index is 11.9. The van der Waals surface area contributed by atoms with E-state index in [9.17, 15) is 4.79 Å². The van der Waals surface area contributed by atoms with E-state index >= 15 is 0 Å². The number of hydrogen-bond acceptors (Lipinski definition) is 3. The zero-order chi connectivity index (χ0) is 13.0. The van der Waals surface area contributed by atoms with Crippen LogP contribution in [-0.2, 0) is 13.5 Å². The predicted octanol–water partition coefficient (Wildman–Crippen LogP) is 1.10. The first kappa shape index (κ1) is 12.3. The summed E-state index contributed by atoms with van der Waals surface area (Å²) in [4.78, 5) is 16.0. The van der Waals surface area contributed by atoms with Crippen molar-refractivity contribution in [3.8, 4) is 0 Å². The lowest BCUT2D eigenvalue weighted by molar-refractivity contribution is 0.0953. The molecule has 2 heterocycles. The second kappa shape index (κ2) is 5.44. The van der Waals surface area contributed by atoms with Gasteiger partial charge < -0.3 is 5.32 Å². The van der Waals surface area contributed by atoms with Gasteiger partial charge in [0.1, 0.15) is 0 Å². The minimum Gasteiger partial charge on any atom is -0.352 e. The van der Waals surface area contributed by atoms with E-state index in [1.165, 1.54) is 0 Å². The molecule has 0 radical (unpaired) electrons. The molecule has 0 atom stereocenters. The Morgan fingerprint density at radius 2 is 2.22 bits per heavy atom. The minimum atomic E-state index is -0.0808. The van der Waals surface area contributed by atoms with Crippen molar-refractivity contribution in [2.24, 2.45) is 7.05 Å². The summed E-state index contributed by atoms with van der Waals surface area (Å²) in [7, 11) is 1.89. The van der Waals surface area contributed by atoms with Gasteiger partial charge in [0.25, 0.3) is 5.91 Å². The maximum atomic E-state index is 11.9. The van der Waals surface area contributed by atoms with Crippen molar-refractivity contribution in [1.82, 2.24) is 20.1 Å². The fourth-order valence-electron chi connectivity index (χ4n) is 1.77. The molecule has 5 nitrogen and oxygen atoms in total. The minimum absolute atomic E-state index is 0.0808. The van der Waals surface area contributed by atoms with Gasteiger partial charge in [-0.2, -0.15) is 5.10 Å². The molecule has 0 aliphatic heterocycles. The SMILES string of the molecule is Cc1ncccc1C(=O)NCCc1ccnn1C. The van der Waals surface area contributed by atoms with Gasteiger partial charge >= 0.3 is 0 Å². The molecule has 0 spiro atoms. The molecule has 0 aliphatic rings. The van der Waals surface area contributed by atoms with Crippen LogP contribution in [0.1, 0.15) is 21.7 Å². The molecule has 1 N–H and O–H groups in total. The molecule has 0 unspecified atom stereocenters. The normalized spacial score (nSPS) is 10.3. The van der Waals surface area contributed by atoms with Crippen molar-refractivity contribution in [2.45, 2.75) is 13.3 Å². The van der Waals surface area contributed by atoms with Crippen LogP contribution >= 0.6 is 0 Å². The molecule has 18 heavy (non-hydrogen) atoms. The molecule has 0 bridgehead atoms. The van der Waals surface area contributed by atoms with E-state index in [1.54, 1.807) is 24.5 Å². The Morgan fingerprint density at radius 1 is 1.39 bits per heavy atom. The quantitative estimate of drug-likeness (QED) is 0.876. The molecule has 2 aromatic heterocycles. The number of aryl methyl sites for hydroxylation is 2. The third-order valence-electron chi connectivity index (χ3n) is 2.84. The Bertz CT molecular complexity index is 547. The lowest BCUT2D eigenvalue weighted by Crippen LogP contribution is -2.27. The third-order valence-corrected chi connectivity index (χ3v) is 2.84. The lowest BCUT2D eigenvalue weighted by atomic mass is 10.2. The Labute approximate surface area is 106 Å². The summed E-state index contributed by atoms with van der Waals surface area (Å²) in [6.45, 7) is 2.42. The number of rotatable bonds is 4. The molecule has 0 aromatic carbocycles. The van der Waals surface area contributed by atoms with E-state index in [1.807, 2.05) is 24.7 Å². The maximum Gasteiger partial charge on any atom is 0.253 e. The predicted molar refractivity (Wildman–Crippen MR) is 68.2 cm³/mol. The van der Waals surface area contributed by atoms with Crippen LogP contribution in [0.4, 0.5) is 0 Å². The number of amides is 1. The van der Waals surface area contributed by atoms with E-state index in [-0.39, 0.29) is 5.91 Å². The largest absolute Gasteiger partial charge is 0.352 e. The van der Waals surface area contributed by atoms with Crippen molar-refractivity contribution in [3.05, 3.63) is 47.5 Å². The van der Waals surface area contributed by atoms with Crippen molar-refractivity contribution in [1.29, 1.82) is 0 Å². The zero-order valence-electron chi connectivity index (χ0n) is 10.6. The first-order valence-corrected chi connectivity index (χ1v) is 5.85. The first-order chi connectivity index (χ1) is 8.68. The molecule has 0 fully saturated rings. The van der Waals surface area contributed by atoms with E-state index < -0.39 is 0 Å². The highest BCUT2D eigenvalue weighted by Crippen LogP contribution is 2.03. The van der Waals surface area contributed by atoms with Gasteiger partial charge in [0.05, 0.1) is 5.56 Å². The Kier molecular flexibility index (Phi) is 3.72. The molecule has 0 saturated carbocycles. The Morgan fingerprint density at radius 3 is 2.89 bits per heavy atom. The molecular formula is C13H16N4O. The number of carbonyl (C=O) groups is 1. The number of aromatic nitrogens is 3. The van der Waals surface area contributed by atoms with Crippen LogP contribution in [0.15, 0.2) is 30.6 Å². The van der Waals surface area contributed by atoms with Gasteiger partial charge in [-0.25, -0.2) is 0 Å². The van der Waals surface area contributed by atoms with E-state index in [0.717, 1.165) is 17.8 Å². The first-order valence-electron chi connectivity index (χ1n) is 5.85. The van der Waals surface area contributed by atoms with Crippen LogP contribution in [0.5, 0.6) is 0 Å². The number of hydrogen-bond donors (Lipinski definition) is 1. The van der Waals surface area contributed by atoms with Gasteiger partial charge in [-0.05, 0) is 25.1 Å². The topological polar surface area (TPSA) is 59.8 Å². The standard InChI is InChI=1S/C13H16N4O/c1-10-12(4-3-7-14-10)13(18)15-8-5-11-6-9-16-17(11)2/h3-4,6-7,9H,5,8H2,1-2H3,(H,15,18). The van der Waals surface area contributed by atoms with Gasteiger partial charge in [0, 0.05) is 43.8 Å². The van der Waals surface area contributed by atoms with E-state index in [0.29, 0.717) is 12.1 Å². The summed E-state index contributed by atoms with van der Waals surface area (Å²) in [6.07, 6.45) is 4.20. The zero-order valence-corrected chi connectivity index (χ0v) is 10.6. The summed E-state index contributed by atoms with van der Waals surface area (Å²) in [5.74, 6) is -0.0808. The van der Waals surface area contributed by atoms with Gasteiger partial charge in [0.15, 0.2) is 0 Å². The monoisotopic (exact) mass is 244 g/mol. The second-order valence-corrected chi connectivity index (χ2v) is 4.09.